The van der Waals surface area contributed by atoms with Crippen molar-refractivity contribution >= 4 is 5.97 Å². The number of carboxylic acids is 1. The predicted octanol–water partition coefficient (Wildman–Crippen LogP) is 0.150. The number of hydrogen-bond acceptors (Lipinski definition) is 5. The number of aryl methyl sites for hydroxylation is 1. The van der Waals surface area contributed by atoms with Crippen molar-refractivity contribution in [3.8, 4) is 5.75 Å². The number of nitrogens with zero attached hydrogens (tertiary/aromatic N) is 2. The number of aromatic nitrogens is 1. The second kappa shape index (κ2) is 7.24. The summed E-state index contributed by atoms with van der Waals surface area (Å²) in [5, 5.41) is 28.2. The fourth-order valence-electron chi connectivity index (χ4n) is 2.12. The quantitative estimate of drug-likeness (QED) is 0.662. The molecular weight excluding hydrogens is 276 g/mol. The van der Waals surface area contributed by atoms with Gasteiger partial charge in [-0.3, -0.25) is 14.5 Å². The maximum Gasteiger partial charge on any atom is 0.304 e. The summed E-state index contributed by atoms with van der Waals surface area (Å²) in [6.07, 6.45) is -0.655. The molecule has 0 aliphatic rings. The molecule has 7 heteroatoms. The van der Waals surface area contributed by atoms with Gasteiger partial charge in [0.05, 0.1) is 18.2 Å². The number of carboxylic acid groups (broad SMARTS) is 1. The molecule has 21 heavy (non-hydrogen) atoms. The lowest BCUT2D eigenvalue weighted by molar-refractivity contribution is -0.137. The molecule has 1 unspecified atom stereocenters. The molecule has 0 saturated carbocycles. The highest BCUT2D eigenvalue weighted by molar-refractivity contribution is 5.66. The molecule has 3 N–H and O–H groups in total. The average Bonchev–Trinajstić information content (AvgIpc) is 2.37. The largest absolute Gasteiger partial charge is 0.503 e. The van der Waals surface area contributed by atoms with Crippen LogP contribution in [0, 0.1) is 6.92 Å². The SMILES string of the molecule is Cc1cc(=O)c(O)c(CN(C)CCC(=O)O)n1CC(C)O. The van der Waals surface area contributed by atoms with Gasteiger partial charge in [-0.2, -0.15) is 0 Å². The number of aliphatic carboxylic acids is 1. The fourth-order valence-corrected chi connectivity index (χ4v) is 2.12. The van der Waals surface area contributed by atoms with E-state index in [9.17, 15) is 19.8 Å². The first-order valence-electron chi connectivity index (χ1n) is 6.73. The van der Waals surface area contributed by atoms with E-state index in [0.29, 0.717) is 17.9 Å². The standard InChI is InChI=1S/C14H22N2O5/c1-9-6-12(18)14(21)11(16(9)7-10(2)17)8-15(3)5-4-13(19)20/h6,10,17,21H,4-5,7-8H2,1-3H3,(H,19,20). The maximum absolute atomic E-state index is 11.7. The molecule has 0 aromatic carbocycles. The lowest BCUT2D eigenvalue weighted by Gasteiger charge is -2.23. The molecule has 0 aliphatic heterocycles. The van der Waals surface area contributed by atoms with Gasteiger partial charge < -0.3 is 19.9 Å². The Hall–Kier alpha value is -1.86. The van der Waals surface area contributed by atoms with Crippen LogP contribution in [-0.2, 0) is 17.9 Å². The Bertz CT molecular complexity index is 565. The second-order valence-electron chi connectivity index (χ2n) is 5.29. The number of carbonyl (C=O) groups is 1. The highest BCUT2D eigenvalue weighted by Gasteiger charge is 2.16. The number of hydrogen-bond donors (Lipinski definition) is 3. The van der Waals surface area contributed by atoms with Gasteiger partial charge in [-0.1, -0.05) is 0 Å². The van der Waals surface area contributed by atoms with E-state index in [1.807, 2.05) is 0 Å². The smallest absolute Gasteiger partial charge is 0.304 e. The van der Waals surface area contributed by atoms with E-state index >= 15 is 0 Å². The molecule has 0 bridgehead atoms. The van der Waals surface area contributed by atoms with Crippen molar-refractivity contribution in [2.24, 2.45) is 0 Å². The molecule has 1 atom stereocenters. The minimum atomic E-state index is -0.906. The third-order valence-electron chi connectivity index (χ3n) is 3.17. The van der Waals surface area contributed by atoms with Crippen molar-refractivity contribution in [1.82, 2.24) is 9.47 Å². The molecule has 1 rings (SSSR count). The zero-order valence-electron chi connectivity index (χ0n) is 12.5. The lowest BCUT2D eigenvalue weighted by Crippen LogP contribution is -2.28. The molecule has 118 valence electrons. The topological polar surface area (TPSA) is 103 Å². The van der Waals surface area contributed by atoms with Gasteiger partial charge in [-0.15, -0.1) is 0 Å². The van der Waals surface area contributed by atoms with Crippen LogP contribution in [0.3, 0.4) is 0 Å². The fraction of sp³-hybridized carbons (Fsp3) is 0.571. The minimum Gasteiger partial charge on any atom is -0.503 e. The Labute approximate surface area is 123 Å². The molecule has 0 fully saturated rings. The molecule has 1 aromatic heterocycles. The highest BCUT2D eigenvalue weighted by Crippen LogP contribution is 2.17. The van der Waals surface area contributed by atoms with Crippen LogP contribution in [0.5, 0.6) is 5.75 Å². The third kappa shape index (κ3) is 4.87. The Morgan fingerprint density at radius 2 is 2.10 bits per heavy atom. The van der Waals surface area contributed by atoms with E-state index in [1.54, 1.807) is 30.4 Å². The van der Waals surface area contributed by atoms with Crippen LogP contribution in [-0.4, -0.2) is 50.5 Å². The zero-order chi connectivity index (χ0) is 16.2. The van der Waals surface area contributed by atoms with Gasteiger partial charge in [0.1, 0.15) is 0 Å². The third-order valence-corrected chi connectivity index (χ3v) is 3.17. The summed E-state index contributed by atoms with van der Waals surface area (Å²) in [7, 11) is 1.71. The summed E-state index contributed by atoms with van der Waals surface area (Å²) < 4.78 is 1.68. The van der Waals surface area contributed by atoms with Crippen LogP contribution in [0.25, 0.3) is 0 Å². The number of pyridine rings is 1. The lowest BCUT2D eigenvalue weighted by atomic mass is 10.2. The monoisotopic (exact) mass is 298 g/mol. The van der Waals surface area contributed by atoms with Crippen molar-refractivity contribution in [2.45, 2.75) is 39.5 Å². The first-order chi connectivity index (χ1) is 9.72. The van der Waals surface area contributed by atoms with E-state index in [1.165, 1.54) is 6.07 Å². The molecule has 7 nitrogen and oxygen atoms in total. The summed E-state index contributed by atoms with van der Waals surface area (Å²) in [5.74, 6) is -1.26. The Kier molecular flexibility index (Phi) is 5.92. The van der Waals surface area contributed by atoms with Gasteiger partial charge in [-0.05, 0) is 20.9 Å². The Morgan fingerprint density at radius 3 is 2.62 bits per heavy atom. The van der Waals surface area contributed by atoms with Crippen molar-refractivity contribution < 1.29 is 20.1 Å². The van der Waals surface area contributed by atoms with Gasteiger partial charge in [0, 0.05) is 31.4 Å². The van der Waals surface area contributed by atoms with E-state index in [2.05, 4.69) is 0 Å². The second-order valence-corrected chi connectivity index (χ2v) is 5.29. The van der Waals surface area contributed by atoms with Crippen molar-refractivity contribution in [1.29, 1.82) is 0 Å². The van der Waals surface area contributed by atoms with Gasteiger partial charge in [0.15, 0.2) is 5.75 Å². The first kappa shape index (κ1) is 17.2. The Balaban J connectivity index is 3.08. The van der Waals surface area contributed by atoms with Crippen molar-refractivity contribution in [2.75, 3.05) is 13.6 Å². The van der Waals surface area contributed by atoms with E-state index in [-0.39, 0.29) is 25.3 Å². The van der Waals surface area contributed by atoms with E-state index in [4.69, 9.17) is 5.11 Å². The van der Waals surface area contributed by atoms with Gasteiger partial charge in [-0.25, -0.2) is 0 Å². The van der Waals surface area contributed by atoms with Crippen LogP contribution in [0.1, 0.15) is 24.7 Å². The van der Waals surface area contributed by atoms with Crippen LogP contribution >= 0.6 is 0 Å². The van der Waals surface area contributed by atoms with Crippen molar-refractivity contribution in [3.05, 3.63) is 27.7 Å². The predicted molar refractivity (Wildman–Crippen MR) is 77.4 cm³/mol. The number of aliphatic hydroxyl groups is 1. The minimum absolute atomic E-state index is 0.0241. The van der Waals surface area contributed by atoms with E-state index in [0.717, 1.165) is 0 Å². The zero-order valence-corrected chi connectivity index (χ0v) is 12.5. The van der Waals surface area contributed by atoms with Gasteiger partial charge in [0.2, 0.25) is 5.43 Å². The molecule has 0 aliphatic carbocycles. The molecule has 1 aromatic rings. The molecular formula is C14H22N2O5. The summed E-state index contributed by atoms with van der Waals surface area (Å²) in [4.78, 5) is 24.0. The Morgan fingerprint density at radius 1 is 1.48 bits per heavy atom. The molecule has 1 heterocycles. The van der Waals surface area contributed by atoms with Crippen molar-refractivity contribution in [3.63, 3.8) is 0 Å². The molecule has 0 saturated heterocycles. The number of rotatable bonds is 7. The first-order valence-corrected chi connectivity index (χ1v) is 6.73. The molecule has 0 spiro atoms. The van der Waals surface area contributed by atoms with Crippen LogP contribution in [0.15, 0.2) is 10.9 Å². The summed E-state index contributed by atoms with van der Waals surface area (Å²) >= 11 is 0. The average molecular weight is 298 g/mol. The van der Waals surface area contributed by atoms with E-state index < -0.39 is 17.5 Å². The summed E-state index contributed by atoms with van der Waals surface area (Å²) in [6.45, 7) is 4.12. The van der Waals surface area contributed by atoms with Gasteiger partial charge in [0.25, 0.3) is 0 Å². The summed E-state index contributed by atoms with van der Waals surface area (Å²) in [6, 6.07) is 1.32. The van der Waals surface area contributed by atoms with Crippen LogP contribution < -0.4 is 5.43 Å². The van der Waals surface area contributed by atoms with Crippen LogP contribution in [0.2, 0.25) is 0 Å². The van der Waals surface area contributed by atoms with Gasteiger partial charge >= 0.3 is 5.97 Å². The summed E-state index contributed by atoms with van der Waals surface area (Å²) in [5.41, 5.74) is 0.546. The number of aromatic hydroxyl groups is 1. The highest BCUT2D eigenvalue weighted by atomic mass is 16.4. The normalized spacial score (nSPS) is 12.6. The number of aliphatic hydroxyl groups excluding tert-OH is 1. The molecule has 0 radical (unpaired) electrons. The maximum atomic E-state index is 11.7. The van der Waals surface area contributed by atoms with Crippen LogP contribution in [0.4, 0.5) is 0 Å². The molecule has 0 amide bonds.